The number of ether oxygens (including phenoxy) is 7. The SMILES string of the molecule is OCCCOCC1(F)C(F)(F)C(F)(F)C(F)(COCC2CO2)C2(F)C(F)(COCC3CO3)C(F)(F)C(F)(F)C(F)(COCC3CO3)C12F. The van der Waals surface area contributed by atoms with E-state index >= 15 is 61.5 Å². The molecule has 3 heterocycles. The van der Waals surface area contributed by atoms with Gasteiger partial charge in [-0.1, -0.05) is 0 Å². The fourth-order valence-electron chi connectivity index (χ4n) is 6.21. The van der Waals surface area contributed by atoms with Crippen LogP contribution in [0.5, 0.6) is 0 Å². The van der Waals surface area contributed by atoms with Crippen molar-refractivity contribution in [2.75, 3.05) is 79.3 Å². The second-order valence-corrected chi connectivity index (χ2v) is 12.4. The first-order valence-electron chi connectivity index (χ1n) is 14.5. The van der Waals surface area contributed by atoms with Crippen LogP contribution in [-0.2, 0) is 33.2 Å². The van der Waals surface area contributed by atoms with E-state index in [0.717, 1.165) is 0 Å². The van der Waals surface area contributed by atoms with Crippen LogP contribution >= 0.6 is 0 Å². The number of aliphatic hydroxyl groups is 1. The van der Waals surface area contributed by atoms with Gasteiger partial charge in [0.25, 0.3) is 0 Å². The van der Waals surface area contributed by atoms with Gasteiger partial charge in [0.05, 0.1) is 66.1 Å². The van der Waals surface area contributed by atoms with Crippen molar-refractivity contribution >= 4 is 0 Å². The minimum atomic E-state index is -7.21. The molecule has 3 aliphatic heterocycles. The van der Waals surface area contributed by atoms with Crippen molar-refractivity contribution in [1.29, 1.82) is 0 Å². The van der Waals surface area contributed by atoms with Gasteiger partial charge in [-0.2, -0.15) is 35.1 Å². The second-order valence-electron chi connectivity index (χ2n) is 12.4. The van der Waals surface area contributed by atoms with Crippen molar-refractivity contribution < 1.29 is 99.7 Å². The topological polar surface area (TPSA) is 94.7 Å². The van der Waals surface area contributed by atoms with Crippen LogP contribution in [0.15, 0.2) is 0 Å². The first kappa shape index (κ1) is 37.9. The summed E-state index contributed by atoms with van der Waals surface area (Å²) in [6, 6.07) is 0. The number of hydrogen-bond donors (Lipinski definition) is 1. The van der Waals surface area contributed by atoms with Crippen molar-refractivity contribution in [1.82, 2.24) is 0 Å². The van der Waals surface area contributed by atoms with Crippen molar-refractivity contribution in [3.8, 4) is 0 Å². The lowest BCUT2D eigenvalue weighted by Crippen LogP contribution is -3.02. The Bertz CT molecular complexity index is 1170. The maximum absolute atomic E-state index is 17.8. The molecule has 3 saturated heterocycles. The molecule has 1 N–H and O–H groups in total. The first-order valence-corrected chi connectivity index (χ1v) is 14.5. The Labute approximate surface area is 262 Å². The zero-order valence-electron chi connectivity index (χ0n) is 24.5. The summed E-state index contributed by atoms with van der Waals surface area (Å²) >= 11 is 0. The summed E-state index contributed by atoms with van der Waals surface area (Å²) in [4.78, 5) is 0. The average Bonchev–Trinajstić information content (AvgIpc) is 3.83. The molecular weight excluding hydrogens is 706 g/mol. The molecule has 5 aliphatic rings. The summed E-state index contributed by atoms with van der Waals surface area (Å²) in [5.41, 5.74) is -40.7. The highest BCUT2D eigenvalue weighted by Gasteiger charge is 3.11. The molecule has 2 saturated carbocycles. The molecule has 0 aromatic rings. The molecule has 0 amide bonds. The van der Waals surface area contributed by atoms with Crippen LogP contribution in [0.1, 0.15) is 6.42 Å². The molecule has 9 unspecified atom stereocenters. The third-order valence-electron chi connectivity index (χ3n) is 9.21. The zero-order chi connectivity index (χ0) is 35.9. The third kappa shape index (κ3) is 4.70. The molecule has 5 rings (SSSR count). The van der Waals surface area contributed by atoms with Gasteiger partial charge in [-0.25, -0.2) is 26.3 Å². The summed E-state index contributed by atoms with van der Waals surface area (Å²) in [7, 11) is 0. The standard InChI is InChI=1S/C26H30F14O8/c27-17(10-42-3-1-2-41)21(31)18(28,11-43-4-14-7-46-14)25(37,38)26(39,40)20(30,13-45-6-16-9-48-16)22(21,32)19(29,12-44-5-15-8-47-15)24(35,36)23(17,33)34/h14-16,41H,1-13H2. The Morgan fingerprint density at radius 2 is 0.708 bits per heavy atom. The number of rotatable bonds is 17. The zero-order valence-corrected chi connectivity index (χ0v) is 24.5. The molecule has 8 nitrogen and oxygen atoms in total. The van der Waals surface area contributed by atoms with Gasteiger partial charge in [0.2, 0.25) is 34.0 Å². The Morgan fingerprint density at radius 3 is 0.938 bits per heavy atom. The lowest BCUT2D eigenvalue weighted by Gasteiger charge is -2.70. The Hall–Kier alpha value is -1.30. The number of halogens is 14. The smallest absolute Gasteiger partial charge is 0.352 e. The quantitative estimate of drug-likeness (QED) is 0.138. The molecule has 2 aliphatic carbocycles. The van der Waals surface area contributed by atoms with E-state index in [1.807, 2.05) is 0 Å². The van der Waals surface area contributed by atoms with E-state index < -0.39 is 142 Å². The van der Waals surface area contributed by atoms with E-state index in [9.17, 15) is 0 Å². The normalized spacial score (nSPS) is 46.2. The van der Waals surface area contributed by atoms with Crippen LogP contribution in [0.2, 0.25) is 0 Å². The number of alkyl halides is 14. The highest BCUT2D eigenvalue weighted by Crippen LogP contribution is 2.80. The van der Waals surface area contributed by atoms with Crippen molar-refractivity contribution in [3.05, 3.63) is 0 Å². The van der Waals surface area contributed by atoms with Crippen molar-refractivity contribution in [2.45, 2.75) is 82.4 Å². The third-order valence-corrected chi connectivity index (χ3v) is 9.21. The number of epoxide rings is 3. The van der Waals surface area contributed by atoms with Gasteiger partial charge in [0, 0.05) is 13.2 Å². The number of hydrogen-bond acceptors (Lipinski definition) is 8. The Morgan fingerprint density at radius 1 is 0.458 bits per heavy atom. The Kier molecular flexibility index (Phi) is 9.38. The van der Waals surface area contributed by atoms with E-state index in [0.29, 0.717) is 0 Å². The van der Waals surface area contributed by atoms with Gasteiger partial charge in [0.1, 0.15) is 18.3 Å². The van der Waals surface area contributed by atoms with Crippen LogP contribution in [0, 0.1) is 0 Å². The van der Waals surface area contributed by atoms with Gasteiger partial charge in [-0.15, -0.1) is 0 Å². The molecular formula is C26H30F14O8. The van der Waals surface area contributed by atoms with E-state index in [-0.39, 0.29) is 19.8 Å². The number of aliphatic hydroxyl groups excluding tert-OH is 1. The molecule has 48 heavy (non-hydrogen) atoms. The average molecular weight is 736 g/mol. The number of fused-ring (bicyclic) bond motifs is 1. The molecule has 0 bridgehead atoms. The summed E-state index contributed by atoms with van der Waals surface area (Å²) in [5.74, 6) is -28.8. The molecule has 22 heteroatoms. The van der Waals surface area contributed by atoms with Crippen LogP contribution in [0.3, 0.4) is 0 Å². The van der Waals surface area contributed by atoms with Crippen molar-refractivity contribution in [2.24, 2.45) is 0 Å². The van der Waals surface area contributed by atoms with Gasteiger partial charge in [0.15, 0.2) is 0 Å². The highest BCUT2D eigenvalue weighted by atomic mass is 19.3. The minimum absolute atomic E-state index is 0.261. The first-order chi connectivity index (χ1) is 22.0. The fourth-order valence-corrected chi connectivity index (χ4v) is 6.21. The van der Waals surface area contributed by atoms with E-state index in [1.54, 1.807) is 0 Å². The molecule has 9 atom stereocenters. The molecule has 0 spiro atoms. The molecule has 280 valence electrons. The summed E-state index contributed by atoms with van der Waals surface area (Å²) in [5, 5.41) is 8.89. The molecule has 0 radical (unpaired) electrons. The maximum Gasteiger partial charge on any atom is 0.352 e. The highest BCUT2D eigenvalue weighted by molar-refractivity contribution is 5.49. The lowest BCUT2D eigenvalue weighted by molar-refractivity contribution is -0.511. The molecule has 5 fully saturated rings. The van der Waals surface area contributed by atoms with E-state index in [4.69, 9.17) is 5.11 Å². The largest absolute Gasteiger partial charge is 0.396 e. The van der Waals surface area contributed by atoms with Gasteiger partial charge < -0.3 is 38.3 Å². The van der Waals surface area contributed by atoms with Crippen LogP contribution < -0.4 is 0 Å². The predicted octanol–water partition coefficient (Wildman–Crippen LogP) is 3.45. The lowest BCUT2D eigenvalue weighted by atomic mass is 9.42. The monoisotopic (exact) mass is 736 g/mol. The summed E-state index contributed by atoms with van der Waals surface area (Å²) in [6.07, 6.45) is -4.11. The summed E-state index contributed by atoms with van der Waals surface area (Å²) in [6.45, 7) is -18.6. The summed E-state index contributed by atoms with van der Waals surface area (Å²) < 4.78 is 262. The van der Waals surface area contributed by atoms with Crippen molar-refractivity contribution in [3.63, 3.8) is 0 Å². The predicted molar refractivity (Wildman–Crippen MR) is 127 cm³/mol. The van der Waals surface area contributed by atoms with Gasteiger partial charge in [-0.3, -0.25) is 0 Å². The molecule has 0 aromatic heterocycles. The fraction of sp³-hybridized carbons (Fsp3) is 1.00. The van der Waals surface area contributed by atoms with Crippen LogP contribution in [-0.4, -0.2) is 160 Å². The van der Waals surface area contributed by atoms with Crippen LogP contribution in [0.4, 0.5) is 61.5 Å². The second kappa shape index (κ2) is 11.9. The molecule has 0 aromatic carbocycles. The van der Waals surface area contributed by atoms with Gasteiger partial charge in [-0.05, 0) is 6.42 Å². The van der Waals surface area contributed by atoms with Gasteiger partial charge >= 0.3 is 23.7 Å². The Balaban J connectivity index is 1.80. The van der Waals surface area contributed by atoms with Crippen LogP contribution in [0.25, 0.3) is 0 Å². The van der Waals surface area contributed by atoms with E-state index in [1.165, 1.54) is 0 Å². The minimum Gasteiger partial charge on any atom is -0.396 e. The maximum atomic E-state index is 17.8. The van der Waals surface area contributed by atoms with E-state index in [2.05, 4.69) is 33.2 Å².